The van der Waals surface area contributed by atoms with E-state index in [0.717, 1.165) is 5.56 Å². The van der Waals surface area contributed by atoms with Crippen LogP contribution in [0.2, 0.25) is 10.0 Å². The molecule has 0 aliphatic carbocycles. The zero-order valence-corrected chi connectivity index (χ0v) is 8.23. The largest absolute Gasteiger partial charge is 0.270 e. The van der Waals surface area contributed by atoms with Crippen molar-refractivity contribution in [3.63, 3.8) is 0 Å². The molecule has 13 heavy (non-hydrogen) atoms. The van der Waals surface area contributed by atoms with Crippen LogP contribution < -0.4 is 11.3 Å². The van der Waals surface area contributed by atoms with Crippen LogP contribution >= 0.6 is 23.2 Å². The maximum atomic E-state index is 5.80. The molecule has 2 nitrogen and oxygen atoms in total. The summed E-state index contributed by atoms with van der Waals surface area (Å²) in [7, 11) is 0. The minimum absolute atomic E-state index is 0.338. The Morgan fingerprint density at radius 2 is 2.08 bits per heavy atom. The van der Waals surface area contributed by atoms with Gasteiger partial charge in [-0.15, -0.1) is 6.42 Å². The first-order chi connectivity index (χ1) is 6.19. The maximum Gasteiger partial charge on any atom is 0.107 e. The van der Waals surface area contributed by atoms with Crippen molar-refractivity contribution in [2.45, 2.75) is 6.04 Å². The van der Waals surface area contributed by atoms with Crippen molar-refractivity contribution in [1.29, 1.82) is 0 Å². The van der Waals surface area contributed by atoms with Crippen LogP contribution in [0.5, 0.6) is 0 Å². The highest BCUT2D eigenvalue weighted by Crippen LogP contribution is 2.25. The lowest BCUT2D eigenvalue weighted by Gasteiger charge is -2.09. The van der Waals surface area contributed by atoms with Gasteiger partial charge in [0.2, 0.25) is 0 Å². The Bertz CT molecular complexity index is 344. The quantitative estimate of drug-likeness (QED) is 0.450. The number of nitrogens with one attached hydrogen (secondary N) is 1. The van der Waals surface area contributed by atoms with E-state index in [1.165, 1.54) is 0 Å². The molecule has 0 amide bonds. The Morgan fingerprint density at radius 1 is 1.38 bits per heavy atom. The van der Waals surface area contributed by atoms with Gasteiger partial charge in [-0.2, -0.15) is 0 Å². The van der Waals surface area contributed by atoms with Crippen molar-refractivity contribution in [3.8, 4) is 12.3 Å². The van der Waals surface area contributed by atoms with Gasteiger partial charge in [0.05, 0.1) is 10.0 Å². The van der Waals surface area contributed by atoms with Crippen molar-refractivity contribution < 1.29 is 0 Å². The lowest BCUT2D eigenvalue weighted by atomic mass is 10.1. The van der Waals surface area contributed by atoms with Crippen LogP contribution in [0.1, 0.15) is 11.6 Å². The van der Waals surface area contributed by atoms with Gasteiger partial charge in [-0.25, -0.2) is 5.43 Å². The molecular weight excluding hydrogens is 207 g/mol. The zero-order valence-electron chi connectivity index (χ0n) is 6.72. The summed E-state index contributed by atoms with van der Waals surface area (Å²) in [5, 5.41) is 0.966. The second kappa shape index (κ2) is 4.50. The predicted molar refractivity (Wildman–Crippen MR) is 55.4 cm³/mol. The predicted octanol–water partition coefficient (Wildman–Crippen LogP) is 2.13. The van der Waals surface area contributed by atoms with Gasteiger partial charge in [0, 0.05) is 0 Å². The van der Waals surface area contributed by atoms with E-state index < -0.39 is 0 Å². The van der Waals surface area contributed by atoms with E-state index in [2.05, 4.69) is 11.3 Å². The van der Waals surface area contributed by atoms with Crippen molar-refractivity contribution in [2.75, 3.05) is 0 Å². The zero-order chi connectivity index (χ0) is 9.84. The van der Waals surface area contributed by atoms with Crippen LogP contribution in [0.15, 0.2) is 18.2 Å². The minimum Gasteiger partial charge on any atom is -0.270 e. The third-order valence-corrected chi connectivity index (χ3v) is 2.35. The fraction of sp³-hybridized carbons (Fsp3) is 0.111. The average Bonchev–Trinajstić information content (AvgIpc) is 2.13. The molecule has 1 atom stereocenters. The minimum atomic E-state index is -0.338. The molecule has 1 aromatic carbocycles. The number of rotatable bonds is 2. The second-order valence-corrected chi connectivity index (χ2v) is 3.25. The molecule has 0 bridgehead atoms. The second-order valence-electron chi connectivity index (χ2n) is 2.44. The first kappa shape index (κ1) is 10.4. The van der Waals surface area contributed by atoms with Gasteiger partial charge >= 0.3 is 0 Å². The summed E-state index contributed by atoms with van der Waals surface area (Å²) in [6.45, 7) is 0. The number of nitrogens with two attached hydrogens (primary N) is 1. The number of benzene rings is 1. The molecule has 0 aliphatic heterocycles. The van der Waals surface area contributed by atoms with E-state index in [9.17, 15) is 0 Å². The number of terminal acetylenes is 1. The van der Waals surface area contributed by atoms with Crippen molar-refractivity contribution in [1.82, 2.24) is 5.43 Å². The fourth-order valence-electron chi connectivity index (χ4n) is 0.933. The Kier molecular flexibility index (Phi) is 3.58. The van der Waals surface area contributed by atoms with Crippen LogP contribution in [0, 0.1) is 12.3 Å². The smallest absolute Gasteiger partial charge is 0.107 e. The maximum absolute atomic E-state index is 5.80. The Hall–Kier alpha value is -0.720. The molecule has 0 spiro atoms. The molecule has 68 valence electrons. The fourth-order valence-corrected chi connectivity index (χ4v) is 1.24. The molecule has 0 saturated carbocycles. The van der Waals surface area contributed by atoms with Crippen LogP contribution in [0.4, 0.5) is 0 Å². The van der Waals surface area contributed by atoms with E-state index >= 15 is 0 Å². The Balaban J connectivity index is 3.04. The van der Waals surface area contributed by atoms with Crippen LogP contribution in [-0.4, -0.2) is 0 Å². The molecule has 1 rings (SSSR count). The number of hydrazine groups is 1. The SMILES string of the molecule is C#CC(NN)c1ccc(Cl)c(Cl)c1. The average molecular weight is 215 g/mol. The molecule has 0 saturated heterocycles. The van der Waals surface area contributed by atoms with Crippen LogP contribution in [-0.2, 0) is 0 Å². The molecule has 0 fully saturated rings. The van der Waals surface area contributed by atoms with E-state index in [0.29, 0.717) is 10.0 Å². The summed E-state index contributed by atoms with van der Waals surface area (Å²) in [6.07, 6.45) is 5.23. The van der Waals surface area contributed by atoms with Gasteiger partial charge in [0.25, 0.3) is 0 Å². The van der Waals surface area contributed by atoms with Gasteiger partial charge in [-0.3, -0.25) is 5.84 Å². The normalized spacial score (nSPS) is 12.2. The third-order valence-electron chi connectivity index (χ3n) is 1.61. The molecular formula is C9H8Cl2N2. The first-order valence-corrected chi connectivity index (χ1v) is 4.32. The highest BCUT2D eigenvalue weighted by molar-refractivity contribution is 6.42. The van der Waals surface area contributed by atoms with Crippen molar-refractivity contribution in [3.05, 3.63) is 33.8 Å². The summed E-state index contributed by atoms with van der Waals surface area (Å²) in [5.74, 6) is 7.71. The summed E-state index contributed by atoms with van der Waals surface area (Å²) >= 11 is 11.5. The highest BCUT2D eigenvalue weighted by Gasteiger charge is 2.07. The van der Waals surface area contributed by atoms with E-state index in [-0.39, 0.29) is 6.04 Å². The summed E-state index contributed by atoms with van der Waals surface area (Å²) in [5.41, 5.74) is 3.30. The van der Waals surface area contributed by atoms with E-state index in [1.54, 1.807) is 18.2 Å². The van der Waals surface area contributed by atoms with Crippen LogP contribution in [0.3, 0.4) is 0 Å². The van der Waals surface area contributed by atoms with Gasteiger partial charge in [0.1, 0.15) is 6.04 Å². The third kappa shape index (κ3) is 2.36. The molecule has 3 N–H and O–H groups in total. The molecule has 0 aromatic heterocycles. The van der Waals surface area contributed by atoms with Gasteiger partial charge in [-0.1, -0.05) is 35.2 Å². The summed E-state index contributed by atoms with van der Waals surface area (Å²) in [6, 6.07) is 4.81. The van der Waals surface area contributed by atoms with Gasteiger partial charge in [-0.05, 0) is 17.7 Å². The van der Waals surface area contributed by atoms with E-state index in [1.807, 2.05) is 0 Å². The summed E-state index contributed by atoms with van der Waals surface area (Å²) in [4.78, 5) is 0. The van der Waals surface area contributed by atoms with Crippen molar-refractivity contribution >= 4 is 23.2 Å². The monoisotopic (exact) mass is 214 g/mol. The van der Waals surface area contributed by atoms with Gasteiger partial charge < -0.3 is 0 Å². The Morgan fingerprint density at radius 3 is 2.54 bits per heavy atom. The lowest BCUT2D eigenvalue weighted by Crippen LogP contribution is -2.26. The molecule has 4 heteroatoms. The summed E-state index contributed by atoms with van der Waals surface area (Å²) < 4.78 is 0. The molecule has 0 radical (unpaired) electrons. The molecule has 0 aliphatic rings. The van der Waals surface area contributed by atoms with Crippen molar-refractivity contribution in [2.24, 2.45) is 5.84 Å². The van der Waals surface area contributed by atoms with E-state index in [4.69, 9.17) is 35.5 Å². The van der Waals surface area contributed by atoms with Gasteiger partial charge in [0.15, 0.2) is 0 Å². The van der Waals surface area contributed by atoms with Crippen LogP contribution in [0.25, 0.3) is 0 Å². The first-order valence-electron chi connectivity index (χ1n) is 3.56. The molecule has 0 heterocycles. The molecule has 1 unspecified atom stereocenters. The standard InChI is InChI=1S/C9H8Cl2N2/c1-2-9(13-12)6-3-4-7(10)8(11)5-6/h1,3-5,9,13H,12H2. The number of hydrogen-bond donors (Lipinski definition) is 2. The number of hydrogen-bond acceptors (Lipinski definition) is 2. The number of halogens is 2. The topological polar surface area (TPSA) is 38.0 Å². The highest BCUT2D eigenvalue weighted by atomic mass is 35.5. The Labute approximate surface area is 87.0 Å². The molecule has 1 aromatic rings. The lowest BCUT2D eigenvalue weighted by molar-refractivity contribution is 0.674.